The minimum atomic E-state index is -0.833. The molecule has 6 heteroatoms. The van der Waals surface area contributed by atoms with Crippen LogP contribution in [0.5, 0.6) is 0 Å². The zero-order valence-corrected chi connectivity index (χ0v) is 15.0. The summed E-state index contributed by atoms with van der Waals surface area (Å²) in [5.41, 5.74) is 0. The molecule has 0 saturated heterocycles. The Hall–Kier alpha value is -0.880. The van der Waals surface area contributed by atoms with Crippen LogP contribution in [0.3, 0.4) is 0 Å². The van der Waals surface area contributed by atoms with Crippen molar-refractivity contribution in [2.45, 2.75) is 50.3 Å². The molecule has 0 radical (unpaired) electrons. The molecule has 1 saturated carbocycles. The van der Waals surface area contributed by atoms with Crippen molar-refractivity contribution < 1.29 is 9.00 Å². The van der Waals surface area contributed by atoms with E-state index in [9.17, 15) is 9.00 Å². The number of nitrogens with one attached hydrogen (secondary N) is 1. The van der Waals surface area contributed by atoms with Gasteiger partial charge in [0.1, 0.15) is 0 Å². The van der Waals surface area contributed by atoms with E-state index >= 15 is 0 Å². The average Bonchev–Trinajstić information content (AvgIpc) is 3.05. The monoisotopic (exact) mass is 342 g/mol. The number of amides is 2. The number of hydrogen-bond donors (Lipinski definition) is 1. The van der Waals surface area contributed by atoms with Crippen molar-refractivity contribution in [3.63, 3.8) is 0 Å². The first-order valence-electron chi connectivity index (χ1n) is 8.03. The van der Waals surface area contributed by atoms with E-state index in [0.29, 0.717) is 12.3 Å². The highest BCUT2D eigenvalue weighted by Crippen LogP contribution is 2.23. The van der Waals surface area contributed by atoms with Gasteiger partial charge < -0.3 is 10.2 Å². The van der Waals surface area contributed by atoms with Gasteiger partial charge in [0.05, 0.1) is 5.25 Å². The van der Waals surface area contributed by atoms with E-state index in [1.807, 2.05) is 20.0 Å². The van der Waals surface area contributed by atoms with Gasteiger partial charge >= 0.3 is 6.03 Å². The first kappa shape index (κ1) is 17.5. The lowest BCUT2D eigenvalue weighted by Crippen LogP contribution is -2.51. The van der Waals surface area contributed by atoms with E-state index in [1.54, 1.807) is 16.2 Å². The molecule has 1 aromatic heterocycles. The van der Waals surface area contributed by atoms with Crippen LogP contribution in [0.4, 0.5) is 4.79 Å². The highest BCUT2D eigenvalue weighted by molar-refractivity contribution is 7.85. The topological polar surface area (TPSA) is 49.4 Å². The van der Waals surface area contributed by atoms with Crippen LogP contribution in [-0.4, -0.2) is 45.8 Å². The third-order valence-corrected chi connectivity index (χ3v) is 7.00. The molecule has 3 unspecified atom stereocenters. The molecule has 0 spiro atoms. The van der Waals surface area contributed by atoms with Crippen LogP contribution in [0.1, 0.15) is 37.5 Å². The first-order chi connectivity index (χ1) is 10.6. The number of carbonyl (C=O) groups excluding carboxylic acids is 1. The smallest absolute Gasteiger partial charge is 0.317 e. The molecule has 1 aliphatic carbocycles. The Labute approximate surface area is 139 Å². The molecule has 124 valence electrons. The highest BCUT2D eigenvalue weighted by atomic mass is 32.2. The lowest BCUT2D eigenvalue weighted by Gasteiger charge is -2.32. The molecule has 0 aliphatic heterocycles. The maximum Gasteiger partial charge on any atom is 0.317 e. The number of carbonyl (C=O) groups is 1. The number of likely N-dealkylation sites (N-methyl/N-ethyl adjacent to an activating group) is 1. The van der Waals surface area contributed by atoms with E-state index < -0.39 is 10.8 Å². The quantitative estimate of drug-likeness (QED) is 0.864. The Morgan fingerprint density at radius 1 is 1.45 bits per heavy atom. The molecule has 1 aromatic rings. The minimum absolute atomic E-state index is 0.0402. The van der Waals surface area contributed by atoms with Crippen LogP contribution in [0.25, 0.3) is 0 Å². The first-order valence-corrected chi connectivity index (χ1v) is 10.3. The zero-order chi connectivity index (χ0) is 15.9. The highest BCUT2D eigenvalue weighted by Gasteiger charge is 2.30. The van der Waals surface area contributed by atoms with Gasteiger partial charge in [0.15, 0.2) is 0 Å². The third kappa shape index (κ3) is 4.81. The summed E-state index contributed by atoms with van der Waals surface area (Å²) in [6.45, 7) is 2.66. The van der Waals surface area contributed by atoms with Crippen molar-refractivity contribution in [2.75, 3.05) is 19.3 Å². The van der Waals surface area contributed by atoms with Crippen LogP contribution < -0.4 is 5.32 Å². The number of thiophene rings is 1. The van der Waals surface area contributed by atoms with Gasteiger partial charge in [0.2, 0.25) is 0 Å². The Morgan fingerprint density at radius 3 is 2.91 bits per heavy atom. The second-order valence-corrected chi connectivity index (χ2v) is 8.78. The van der Waals surface area contributed by atoms with Crippen molar-refractivity contribution >= 4 is 28.2 Å². The molecular formula is C16H26N2O2S2. The Balaban J connectivity index is 1.84. The predicted molar refractivity (Wildman–Crippen MR) is 93.9 cm³/mol. The Bertz CT molecular complexity index is 490. The van der Waals surface area contributed by atoms with Crippen LogP contribution in [0.15, 0.2) is 17.5 Å². The number of rotatable bonds is 6. The maximum absolute atomic E-state index is 12.3. The molecule has 0 aromatic carbocycles. The van der Waals surface area contributed by atoms with Gasteiger partial charge in [-0.25, -0.2) is 4.79 Å². The number of hydrogen-bond acceptors (Lipinski definition) is 3. The fourth-order valence-corrected chi connectivity index (χ4v) is 5.02. The van der Waals surface area contributed by atoms with Gasteiger partial charge in [0.25, 0.3) is 0 Å². The Morgan fingerprint density at radius 2 is 2.23 bits per heavy atom. The second kappa shape index (κ2) is 8.67. The molecule has 4 nitrogen and oxygen atoms in total. The van der Waals surface area contributed by atoms with Crippen molar-refractivity contribution in [3.05, 3.63) is 22.4 Å². The summed E-state index contributed by atoms with van der Waals surface area (Å²) >= 11 is 1.72. The molecule has 3 atom stereocenters. The molecule has 1 aliphatic rings. The standard InChI is InChI=1S/C16H26N2O2S2/c1-3-22(20)15-9-5-4-8-14(15)17-16(19)18(2)11-10-13-7-6-12-21-13/h6-7,12,14-15H,3-5,8-11H2,1-2H3,(H,17,19). The van der Waals surface area contributed by atoms with Gasteiger partial charge in [-0.05, 0) is 30.7 Å². The van der Waals surface area contributed by atoms with E-state index in [-0.39, 0.29) is 17.3 Å². The summed E-state index contributed by atoms with van der Waals surface area (Å²) in [5, 5.41) is 5.29. The largest absolute Gasteiger partial charge is 0.334 e. The summed E-state index contributed by atoms with van der Waals surface area (Å²) in [6, 6.07) is 4.15. The summed E-state index contributed by atoms with van der Waals surface area (Å²) in [4.78, 5) is 15.4. The summed E-state index contributed by atoms with van der Waals surface area (Å²) in [6.07, 6.45) is 5.03. The van der Waals surface area contributed by atoms with Crippen molar-refractivity contribution in [3.8, 4) is 0 Å². The van der Waals surface area contributed by atoms with E-state index in [0.717, 1.165) is 32.1 Å². The van der Waals surface area contributed by atoms with Crippen LogP contribution in [-0.2, 0) is 17.2 Å². The summed E-state index contributed by atoms with van der Waals surface area (Å²) in [5.74, 6) is 0.672. The van der Waals surface area contributed by atoms with E-state index in [2.05, 4.69) is 16.8 Å². The van der Waals surface area contributed by atoms with Crippen LogP contribution in [0, 0.1) is 0 Å². The molecule has 2 amide bonds. The lowest BCUT2D eigenvalue weighted by molar-refractivity contribution is 0.201. The molecule has 1 heterocycles. The molecule has 1 N–H and O–H groups in total. The van der Waals surface area contributed by atoms with Crippen molar-refractivity contribution in [2.24, 2.45) is 0 Å². The molecule has 0 bridgehead atoms. The second-order valence-electron chi connectivity index (χ2n) is 5.80. The molecule has 22 heavy (non-hydrogen) atoms. The van der Waals surface area contributed by atoms with Crippen LogP contribution in [0.2, 0.25) is 0 Å². The maximum atomic E-state index is 12.3. The SMILES string of the molecule is CCS(=O)C1CCCCC1NC(=O)N(C)CCc1cccs1. The molecular weight excluding hydrogens is 316 g/mol. The average molecular weight is 343 g/mol. The molecule has 2 rings (SSSR count). The number of nitrogens with zero attached hydrogens (tertiary/aromatic N) is 1. The van der Waals surface area contributed by atoms with Crippen molar-refractivity contribution in [1.29, 1.82) is 0 Å². The molecule has 1 fully saturated rings. The number of urea groups is 1. The van der Waals surface area contributed by atoms with Gasteiger partial charge in [0, 0.05) is 41.1 Å². The van der Waals surface area contributed by atoms with E-state index in [4.69, 9.17) is 0 Å². The zero-order valence-electron chi connectivity index (χ0n) is 13.4. The normalized spacial score (nSPS) is 23.0. The van der Waals surface area contributed by atoms with Crippen LogP contribution >= 0.6 is 11.3 Å². The summed E-state index contributed by atoms with van der Waals surface area (Å²) < 4.78 is 12.2. The van der Waals surface area contributed by atoms with Crippen molar-refractivity contribution in [1.82, 2.24) is 10.2 Å². The lowest BCUT2D eigenvalue weighted by atomic mass is 9.95. The van der Waals surface area contributed by atoms with Gasteiger partial charge in [-0.15, -0.1) is 11.3 Å². The predicted octanol–water partition coefficient (Wildman–Crippen LogP) is 3.01. The van der Waals surface area contributed by atoms with E-state index in [1.165, 1.54) is 4.88 Å². The van der Waals surface area contributed by atoms with Gasteiger partial charge in [-0.1, -0.05) is 25.8 Å². The fourth-order valence-electron chi connectivity index (χ4n) is 2.89. The van der Waals surface area contributed by atoms with Gasteiger partial charge in [-0.3, -0.25) is 4.21 Å². The van der Waals surface area contributed by atoms with Gasteiger partial charge in [-0.2, -0.15) is 0 Å². The minimum Gasteiger partial charge on any atom is -0.334 e. The fraction of sp³-hybridized carbons (Fsp3) is 0.688. The Kier molecular flexibility index (Phi) is 6.89. The third-order valence-electron chi connectivity index (χ3n) is 4.25. The summed E-state index contributed by atoms with van der Waals surface area (Å²) in [7, 11) is 0.998.